The molecule has 0 spiro atoms. The molecule has 1 aliphatic rings. The topological polar surface area (TPSA) is 75.3 Å². The summed E-state index contributed by atoms with van der Waals surface area (Å²) in [4.78, 5) is 11.6. The average molecular weight is 337 g/mol. The van der Waals surface area contributed by atoms with Gasteiger partial charge in [-0.05, 0) is 31.4 Å². The molecule has 0 bridgehead atoms. The highest BCUT2D eigenvalue weighted by Crippen LogP contribution is 2.29. The predicted molar refractivity (Wildman–Crippen MR) is 77.4 cm³/mol. The lowest BCUT2D eigenvalue weighted by Gasteiger charge is -2.16. The van der Waals surface area contributed by atoms with Crippen molar-refractivity contribution < 1.29 is 13.2 Å². The summed E-state index contributed by atoms with van der Waals surface area (Å²) in [6, 6.07) is 3.64. The van der Waals surface area contributed by atoms with Crippen molar-refractivity contribution in [3.63, 3.8) is 0 Å². The number of amides is 1. The van der Waals surface area contributed by atoms with Gasteiger partial charge in [0.1, 0.15) is 10.9 Å². The van der Waals surface area contributed by atoms with Crippen LogP contribution in [0.2, 0.25) is 10.0 Å². The summed E-state index contributed by atoms with van der Waals surface area (Å²) in [7, 11) is -3.95. The van der Waals surface area contributed by atoms with Crippen molar-refractivity contribution in [2.75, 3.05) is 6.54 Å². The molecule has 1 amide bonds. The van der Waals surface area contributed by atoms with Crippen LogP contribution in [0.5, 0.6) is 0 Å². The van der Waals surface area contributed by atoms with Gasteiger partial charge < -0.3 is 5.32 Å². The third kappa shape index (κ3) is 3.44. The number of rotatable bonds is 3. The molecule has 0 aromatic heterocycles. The Morgan fingerprint density at radius 1 is 1.20 bits per heavy atom. The van der Waals surface area contributed by atoms with Crippen LogP contribution in [-0.2, 0) is 14.8 Å². The number of benzene rings is 1. The molecule has 1 atom stereocenters. The zero-order valence-electron chi connectivity index (χ0n) is 10.5. The van der Waals surface area contributed by atoms with Gasteiger partial charge in [-0.25, -0.2) is 8.42 Å². The van der Waals surface area contributed by atoms with Crippen LogP contribution in [0.25, 0.3) is 0 Å². The van der Waals surface area contributed by atoms with Crippen LogP contribution in [0.15, 0.2) is 23.1 Å². The van der Waals surface area contributed by atoms with Gasteiger partial charge in [0.15, 0.2) is 0 Å². The first kappa shape index (κ1) is 15.6. The fraction of sp³-hybridized carbons (Fsp3) is 0.417. The number of nitrogens with one attached hydrogen (secondary N) is 2. The Morgan fingerprint density at radius 3 is 2.50 bits per heavy atom. The molecule has 8 heteroatoms. The van der Waals surface area contributed by atoms with Crippen LogP contribution in [0.1, 0.15) is 19.3 Å². The fourth-order valence-corrected chi connectivity index (χ4v) is 4.41. The van der Waals surface area contributed by atoms with Gasteiger partial charge in [-0.1, -0.05) is 29.3 Å². The minimum Gasteiger partial charge on any atom is -0.355 e. The van der Waals surface area contributed by atoms with Crippen molar-refractivity contribution in [3.8, 4) is 0 Å². The normalized spacial score (nSPS) is 20.3. The Hall–Kier alpha value is -0.820. The van der Waals surface area contributed by atoms with Crippen LogP contribution in [-0.4, -0.2) is 26.9 Å². The van der Waals surface area contributed by atoms with E-state index >= 15 is 0 Å². The van der Waals surface area contributed by atoms with Crippen molar-refractivity contribution in [1.29, 1.82) is 0 Å². The molecule has 1 fully saturated rings. The van der Waals surface area contributed by atoms with Crippen LogP contribution in [0.4, 0.5) is 0 Å². The minimum absolute atomic E-state index is 0.0269. The smallest absolute Gasteiger partial charge is 0.244 e. The van der Waals surface area contributed by atoms with E-state index in [1.807, 2.05) is 0 Å². The van der Waals surface area contributed by atoms with Gasteiger partial charge in [0, 0.05) is 6.54 Å². The van der Waals surface area contributed by atoms with Gasteiger partial charge in [0.25, 0.3) is 0 Å². The van der Waals surface area contributed by atoms with Crippen molar-refractivity contribution in [1.82, 2.24) is 10.0 Å². The lowest BCUT2D eigenvalue weighted by Crippen LogP contribution is -2.45. The Labute approximate surface area is 127 Å². The summed E-state index contributed by atoms with van der Waals surface area (Å²) in [5, 5.41) is 2.72. The van der Waals surface area contributed by atoms with E-state index in [0.717, 1.165) is 12.8 Å². The van der Waals surface area contributed by atoms with E-state index in [2.05, 4.69) is 10.0 Å². The number of carbonyl (C=O) groups excluding carboxylic acids is 1. The Balaban J connectivity index is 2.29. The molecule has 110 valence electrons. The van der Waals surface area contributed by atoms with Crippen molar-refractivity contribution in [2.24, 2.45) is 0 Å². The number of halogens is 2. The van der Waals surface area contributed by atoms with E-state index in [0.29, 0.717) is 13.0 Å². The SMILES string of the molecule is O=C1NCCCCC1NS(=O)(=O)c1c(Cl)cccc1Cl. The molecule has 2 rings (SSSR count). The Kier molecular flexibility index (Phi) is 4.90. The molecule has 1 aromatic rings. The lowest BCUT2D eigenvalue weighted by atomic mass is 10.1. The summed E-state index contributed by atoms with van der Waals surface area (Å²) in [5.74, 6) is -0.325. The lowest BCUT2D eigenvalue weighted by molar-refractivity contribution is -0.122. The highest BCUT2D eigenvalue weighted by molar-refractivity contribution is 7.89. The molecule has 2 N–H and O–H groups in total. The van der Waals surface area contributed by atoms with Crippen LogP contribution < -0.4 is 10.0 Å². The van der Waals surface area contributed by atoms with Gasteiger partial charge >= 0.3 is 0 Å². The van der Waals surface area contributed by atoms with E-state index in [9.17, 15) is 13.2 Å². The second-order valence-electron chi connectivity index (χ2n) is 4.51. The maximum Gasteiger partial charge on any atom is 0.244 e. The van der Waals surface area contributed by atoms with Gasteiger partial charge in [0.05, 0.1) is 10.0 Å². The average Bonchev–Trinajstić information content (AvgIpc) is 2.54. The second-order valence-corrected chi connectivity index (χ2v) is 6.98. The van der Waals surface area contributed by atoms with E-state index in [1.54, 1.807) is 6.07 Å². The summed E-state index contributed by atoms with van der Waals surface area (Å²) in [6.45, 7) is 0.559. The van der Waals surface area contributed by atoms with Crippen molar-refractivity contribution in [3.05, 3.63) is 28.2 Å². The van der Waals surface area contributed by atoms with E-state index in [1.165, 1.54) is 12.1 Å². The zero-order valence-corrected chi connectivity index (χ0v) is 12.9. The first-order chi connectivity index (χ1) is 9.42. The maximum atomic E-state index is 12.3. The van der Waals surface area contributed by atoms with Crippen molar-refractivity contribution in [2.45, 2.75) is 30.2 Å². The molecule has 1 aromatic carbocycles. The largest absolute Gasteiger partial charge is 0.355 e. The van der Waals surface area contributed by atoms with Gasteiger partial charge in [-0.3, -0.25) is 4.79 Å². The van der Waals surface area contributed by atoms with Crippen LogP contribution in [0.3, 0.4) is 0 Å². The molecular formula is C12H14Cl2N2O3S. The summed E-state index contributed by atoms with van der Waals surface area (Å²) >= 11 is 11.8. The number of sulfonamides is 1. The maximum absolute atomic E-state index is 12.3. The van der Waals surface area contributed by atoms with Crippen molar-refractivity contribution >= 4 is 39.1 Å². The minimum atomic E-state index is -3.95. The van der Waals surface area contributed by atoms with Crippen LogP contribution in [0, 0.1) is 0 Å². The summed E-state index contributed by atoms with van der Waals surface area (Å²) < 4.78 is 27.1. The van der Waals surface area contributed by atoms with E-state index in [-0.39, 0.29) is 20.8 Å². The first-order valence-corrected chi connectivity index (χ1v) is 8.40. The quantitative estimate of drug-likeness (QED) is 0.885. The van der Waals surface area contributed by atoms with Gasteiger partial charge in [-0.15, -0.1) is 0 Å². The predicted octanol–water partition coefficient (Wildman–Crippen LogP) is 1.94. The summed E-state index contributed by atoms with van der Waals surface area (Å²) in [5.41, 5.74) is 0. The Bertz CT molecular complexity index is 599. The molecule has 1 heterocycles. The van der Waals surface area contributed by atoms with Gasteiger partial charge in [-0.2, -0.15) is 4.72 Å². The molecule has 5 nitrogen and oxygen atoms in total. The number of carbonyl (C=O) groups is 1. The number of hydrogen-bond donors (Lipinski definition) is 2. The number of hydrogen-bond acceptors (Lipinski definition) is 3. The first-order valence-electron chi connectivity index (χ1n) is 6.16. The molecule has 1 unspecified atom stereocenters. The van der Waals surface area contributed by atoms with E-state index in [4.69, 9.17) is 23.2 Å². The molecule has 1 saturated heterocycles. The third-order valence-corrected chi connectivity index (χ3v) is 5.45. The Morgan fingerprint density at radius 2 is 1.85 bits per heavy atom. The second kappa shape index (κ2) is 6.30. The molecule has 0 saturated carbocycles. The fourth-order valence-electron chi connectivity index (χ4n) is 2.04. The zero-order chi connectivity index (χ0) is 14.8. The standard InChI is InChI=1S/C12H14Cl2N2O3S/c13-8-4-3-5-9(14)11(8)20(18,19)16-10-6-1-2-7-15-12(10)17/h3-5,10,16H,1-2,6-7H2,(H,15,17). The molecule has 0 aliphatic carbocycles. The highest BCUT2D eigenvalue weighted by Gasteiger charge is 2.29. The van der Waals surface area contributed by atoms with Gasteiger partial charge in [0.2, 0.25) is 15.9 Å². The van der Waals surface area contributed by atoms with Crippen LogP contribution >= 0.6 is 23.2 Å². The summed E-state index contributed by atoms with van der Waals surface area (Å²) in [6.07, 6.45) is 2.05. The molecule has 1 aliphatic heterocycles. The molecule has 0 radical (unpaired) electrons. The van der Waals surface area contributed by atoms with E-state index < -0.39 is 16.1 Å². The third-order valence-electron chi connectivity index (χ3n) is 3.02. The monoisotopic (exact) mass is 336 g/mol. The molecular weight excluding hydrogens is 323 g/mol. The highest BCUT2D eigenvalue weighted by atomic mass is 35.5. The molecule has 20 heavy (non-hydrogen) atoms.